The van der Waals surface area contributed by atoms with Crippen molar-refractivity contribution in [2.45, 2.75) is 24.3 Å². The van der Waals surface area contributed by atoms with Crippen LogP contribution in [0.4, 0.5) is 17.6 Å². The Morgan fingerprint density at radius 3 is 1.95 bits per heavy atom. The Hall–Kier alpha value is -1.19. The van der Waals surface area contributed by atoms with Crippen molar-refractivity contribution in [2.24, 2.45) is 5.73 Å². The number of sulfonamides is 1. The predicted octanol–water partition coefficient (Wildman–Crippen LogP) is 1.26. The average Bonchev–Trinajstić information content (AvgIpc) is 2.23. The van der Waals surface area contributed by atoms with Crippen molar-refractivity contribution in [1.82, 2.24) is 4.72 Å². The minimum atomic E-state index is -4.76. The maximum atomic E-state index is 13.3. The summed E-state index contributed by atoms with van der Waals surface area (Å²) in [5.41, 5.74) is 4.49. The van der Waals surface area contributed by atoms with Crippen LogP contribution in [0.1, 0.15) is 13.8 Å². The van der Waals surface area contributed by atoms with Gasteiger partial charge in [-0.15, -0.1) is 0 Å². The van der Waals surface area contributed by atoms with Gasteiger partial charge in [-0.25, -0.2) is 30.7 Å². The zero-order valence-electron chi connectivity index (χ0n) is 10.1. The van der Waals surface area contributed by atoms with E-state index in [1.165, 1.54) is 13.8 Å². The van der Waals surface area contributed by atoms with Gasteiger partial charge in [0.05, 0.1) is 0 Å². The zero-order valence-corrected chi connectivity index (χ0v) is 10.9. The topological polar surface area (TPSA) is 72.2 Å². The molecule has 0 aromatic heterocycles. The van der Waals surface area contributed by atoms with Crippen molar-refractivity contribution in [3.63, 3.8) is 0 Å². The number of rotatable bonds is 4. The molecule has 0 saturated carbocycles. The molecule has 1 aromatic carbocycles. The Bertz CT molecular complexity index is 570. The maximum Gasteiger partial charge on any atom is 0.246 e. The molecule has 4 nitrogen and oxygen atoms in total. The molecule has 0 spiro atoms. The fourth-order valence-corrected chi connectivity index (χ4v) is 2.51. The zero-order chi connectivity index (χ0) is 15.0. The Balaban J connectivity index is 3.30. The van der Waals surface area contributed by atoms with Gasteiger partial charge in [-0.1, -0.05) is 0 Å². The lowest BCUT2D eigenvalue weighted by Gasteiger charge is -2.19. The Labute approximate surface area is 107 Å². The lowest BCUT2D eigenvalue weighted by Crippen LogP contribution is -2.45. The number of hydrogen-bond acceptors (Lipinski definition) is 3. The van der Waals surface area contributed by atoms with E-state index in [0.29, 0.717) is 0 Å². The van der Waals surface area contributed by atoms with Crippen LogP contribution in [-0.2, 0) is 10.0 Å². The molecule has 9 heteroatoms. The molecule has 108 valence electrons. The van der Waals surface area contributed by atoms with Crippen molar-refractivity contribution >= 4 is 10.0 Å². The first-order valence-electron chi connectivity index (χ1n) is 5.07. The fraction of sp³-hybridized carbons (Fsp3) is 0.400. The Kier molecular flexibility index (Phi) is 4.23. The van der Waals surface area contributed by atoms with Crippen LogP contribution in [0.25, 0.3) is 0 Å². The van der Waals surface area contributed by atoms with Crippen molar-refractivity contribution in [3.05, 3.63) is 29.3 Å². The van der Waals surface area contributed by atoms with E-state index in [2.05, 4.69) is 0 Å². The summed E-state index contributed by atoms with van der Waals surface area (Å²) >= 11 is 0. The molecule has 0 unspecified atom stereocenters. The number of nitrogens with one attached hydrogen (secondary N) is 1. The average molecular weight is 300 g/mol. The van der Waals surface area contributed by atoms with Gasteiger partial charge in [-0.05, 0) is 13.8 Å². The Morgan fingerprint density at radius 2 is 1.58 bits per heavy atom. The van der Waals surface area contributed by atoms with Gasteiger partial charge in [0.25, 0.3) is 0 Å². The normalized spacial score (nSPS) is 12.8. The molecule has 19 heavy (non-hydrogen) atoms. The number of hydrogen-bond donors (Lipinski definition) is 2. The van der Waals surface area contributed by atoms with Gasteiger partial charge < -0.3 is 5.73 Å². The largest absolute Gasteiger partial charge is 0.324 e. The van der Waals surface area contributed by atoms with E-state index in [0.717, 1.165) is 0 Å². The van der Waals surface area contributed by atoms with Crippen LogP contribution in [0, 0.1) is 23.3 Å². The van der Waals surface area contributed by atoms with Gasteiger partial charge in [0.1, 0.15) is 0 Å². The SMILES string of the molecule is CC(C)(N)CNS(=O)(=O)c1c(F)c(F)cc(F)c1F. The third-order valence-electron chi connectivity index (χ3n) is 2.06. The van der Waals surface area contributed by atoms with Gasteiger partial charge in [0, 0.05) is 18.2 Å². The third-order valence-corrected chi connectivity index (χ3v) is 3.48. The summed E-state index contributed by atoms with van der Waals surface area (Å²) in [6, 6.07) is -0.0729. The highest BCUT2D eigenvalue weighted by Crippen LogP contribution is 2.23. The van der Waals surface area contributed by atoms with E-state index >= 15 is 0 Å². The molecule has 1 rings (SSSR count). The standard InChI is InChI=1S/C10H12F4N2O2S/c1-10(2,15)4-16-19(17,18)9-7(13)5(11)3-6(12)8(9)14/h3,16H,4,15H2,1-2H3. The van der Waals surface area contributed by atoms with Crippen molar-refractivity contribution in [3.8, 4) is 0 Å². The van der Waals surface area contributed by atoms with Crippen molar-refractivity contribution in [2.75, 3.05) is 6.54 Å². The van der Waals surface area contributed by atoms with Crippen LogP contribution in [0.2, 0.25) is 0 Å². The monoisotopic (exact) mass is 300 g/mol. The summed E-state index contributed by atoms with van der Waals surface area (Å²) in [4.78, 5) is -1.70. The summed E-state index contributed by atoms with van der Waals surface area (Å²) in [5, 5.41) is 0. The molecule has 0 aliphatic carbocycles. The number of nitrogens with two attached hydrogens (primary N) is 1. The minimum Gasteiger partial charge on any atom is -0.324 e. The first kappa shape index (κ1) is 15.9. The molecule has 0 amide bonds. The fourth-order valence-electron chi connectivity index (χ4n) is 1.14. The van der Waals surface area contributed by atoms with Crippen molar-refractivity contribution < 1.29 is 26.0 Å². The molecule has 0 bridgehead atoms. The van der Waals surface area contributed by atoms with E-state index in [4.69, 9.17) is 5.73 Å². The smallest absolute Gasteiger partial charge is 0.246 e. The lowest BCUT2D eigenvalue weighted by molar-refractivity contribution is 0.416. The van der Waals surface area contributed by atoms with E-state index in [9.17, 15) is 26.0 Å². The Morgan fingerprint density at radius 1 is 1.16 bits per heavy atom. The summed E-state index contributed by atoms with van der Waals surface area (Å²) in [5.74, 6) is -7.57. The second kappa shape index (κ2) is 5.06. The summed E-state index contributed by atoms with van der Waals surface area (Å²) < 4.78 is 77.6. The van der Waals surface area contributed by atoms with Crippen LogP contribution in [0.15, 0.2) is 11.0 Å². The van der Waals surface area contributed by atoms with E-state index < -0.39 is 43.7 Å². The molecule has 0 aliphatic rings. The van der Waals surface area contributed by atoms with Crippen LogP contribution < -0.4 is 10.5 Å². The van der Waals surface area contributed by atoms with Gasteiger partial charge >= 0.3 is 0 Å². The van der Waals surface area contributed by atoms with E-state index in [1.807, 2.05) is 0 Å². The molecule has 1 aromatic rings. The summed E-state index contributed by atoms with van der Waals surface area (Å²) in [6.07, 6.45) is 0. The second-order valence-corrected chi connectivity index (χ2v) is 6.31. The van der Waals surface area contributed by atoms with Crippen LogP contribution in [0.5, 0.6) is 0 Å². The van der Waals surface area contributed by atoms with Gasteiger partial charge in [-0.3, -0.25) is 0 Å². The van der Waals surface area contributed by atoms with E-state index in [-0.39, 0.29) is 12.6 Å². The highest BCUT2D eigenvalue weighted by molar-refractivity contribution is 7.89. The third kappa shape index (κ3) is 3.64. The minimum absolute atomic E-state index is 0.0729. The molecule has 3 N–H and O–H groups in total. The second-order valence-electron chi connectivity index (χ2n) is 4.61. The number of halogens is 4. The first-order valence-corrected chi connectivity index (χ1v) is 6.55. The van der Waals surface area contributed by atoms with Gasteiger partial charge in [0.2, 0.25) is 10.0 Å². The van der Waals surface area contributed by atoms with Crippen LogP contribution in [0.3, 0.4) is 0 Å². The predicted molar refractivity (Wildman–Crippen MR) is 59.7 cm³/mol. The summed E-state index contributed by atoms with van der Waals surface area (Å²) in [7, 11) is -4.76. The molecule has 0 aliphatic heterocycles. The highest BCUT2D eigenvalue weighted by atomic mass is 32.2. The highest BCUT2D eigenvalue weighted by Gasteiger charge is 2.30. The maximum absolute atomic E-state index is 13.3. The van der Waals surface area contributed by atoms with Crippen LogP contribution >= 0.6 is 0 Å². The van der Waals surface area contributed by atoms with E-state index in [1.54, 1.807) is 4.72 Å². The van der Waals surface area contributed by atoms with Gasteiger partial charge in [-0.2, -0.15) is 0 Å². The molecular weight excluding hydrogens is 288 g/mol. The molecule has 0 radical (unpaired) electrons. The summed E-state index contributed by atoms with van der Waals surface area (Å²) in [6.45, 7) is 2.54. The van der Waals surface area contributed by atoms with Crippen molar-refractivity contribution in [1.29, 1.82) is 0 Å². The van der Waals surface area contributed by atoms with Gasteiger partial charge in [0.15, 0.2) is 28.2 Å². The molecule has 0 fully saturated rings. The molecule has 0 saturated heterocycles. The molecular formula is C10H12F4N2O2S. The quantitative estimate of drug-likeness (QED) is 0.649. The van der Waals surface area contributed by atoms with Crippen LogP contribution in [-0.4, -0.2) is 20.5 Å². The lowest BCUT2D eigenvalue weighted by atomic mass is 10.1. The molecule has 0 atom stereocenters. The molecule has 0 heterocycles. The number of benzene rings is 1. The first-order chi connectivity index (χ1) is 8.46.